The molecule has 1 atom stereocenters. The Bertz CT molecular complexity index is 402. The van der Waals surface area contributed by atoms with E-state index < -0.39 is 12.0 Å². The second-order valence-electron chi connectivity index (χ2n) is 3.71. The van der Waals surface area contributed by atoms with Crippen LogP contribution in [0, 0.1) is 0 Å². The van der Waals surface area contributed by atoms with Gasteiger partial charge in [-0.25, -0.2) is 4.98 Å². The third-order valence-electron chi connectivity index (χ3n) is 2.27. The molecule has 0 aromatic carbocycles. The summed E-state index contributed by atoms with van der Waals surface area (Å²) in [5.41, 5.74) is 11.2. The van der Waals surface area contributed by atoms with Crippen LogP contribution in [-0.4, -0.2) is 39.1 Å². The van der Waals surface area contributed by atoms with Gasteiger partial charge in [0.25, 0.3) is 0 Å². The van der Waals surface area contributed by atoms with Gasteiger partial charge in [0.1, 0.15) is 12.4 Å². The lowest BCUT2D eigenvalue weighted by atomic mass is 10.2. The number of imidazole rings is 1. The number of hydrogen-bond donors (Lipinski definition) is 3. The fourth-order valence-electron chi connectivity index (χ4n) is 1.30. The van der Waals surface area contributed by atoms with E-state index in [2.05, 4.69) is 4.98 Å². The van der Waals surface area contributed by atoms with Gasteiger partial charge in [-0.15, -0.1) is 0 Å². The van der Waals surface area contributed by atoms with Gasteiger partial charge < -0.3 is 16.6 Å². The molecule has 5 N–H and O–H groups in total. The van der Waals surface area contributed by atoms with Gasteiger partial charge in [-0.3, -0.25) is 14.2 Å². The molecule has 0 saturated heterocycles. The molecule has 0 saturated carbocycles. The fraction of sp³-hybridized carbons (Fsp3) is 0.500. The topological polar surface area (TPSA) is 124 Å². The molecule has 1 aromatic heterocycles. The molecule has 0 spiro atoms. The molecule has 0 bridgehead atoms. The van der Waals surface area contributed by atoms with E-state index in [1.807, 2.05) is 0 Å². The van der Waals surface area contributed by atoms with Crippen LogP contribution in [0.25, 0.3) is 0 Å². The first-order valence-corrected chi connectivity index (χ1v) is 5.29. The monoisotopic (exact) mass is 240 g/mol. The van der Waals surface area contributed by atoms with Crippen molar-refractivity contribution >= 4 is 11.9 Å². The van der Waals surface area contributed by atoms with Crippen LogP contribution in [-0.2, 0) is 11.2 Å². The standard InChI is InChI=1S/C10H16N4O3/c11-3-1-2-9(15)14-5-7(13-6-14)4-8(12)10(16)17/h5-6,8H,1-4,11-12H2,(H,16,17). The Morgan fingerprint density at radius 1 is 1.53 bits per heavy atom. The van der Waals surface area contributed by atoms with Crippen molar-refractivity contribution in [3.63, 3.8) is 0 Å². The quantitative estimate of drug-likeness (QED) is 0.599. The highest BCUT2D eigenvalue weighted by Gasteiger charge is 2.14. The Balaban J connectivity index is 2.58. The number of carboxylic acids is 1. The number of carbonyl (C=O) groups excluding carboxylic acids is 1. The summed E-state index contributed by atoms with van der Waals surface area (Å²) in [7, 11) is 0. The van der Waals surface area contributed by atoms with Gasteiger partial charge in [-0.2, -0.15) is 0 Å². The maximum absolute atomic E-state index is 11.6. The summed E-state index contributed by atoms with van der Waals surface area (Å²) >= 11 is 0. The molecule has 0 amide bonds. The van der Waals surface area contributed by atoms with Crippen molar-refractivity contribution in [1.29, 1.82) is 0 Å². The van der Waals surface area contributed by atoms with E-state index >= 15 is 0 Å². The van der Waals surface area contributed by atoms with Gasteiger partial charge in [-0.05, 0) is 13.0 Å². The minimum absolute atomic E-state index is 0.104. The number of nitrogens with two attached hydrogens (primary N) is 2. The van der Waals surface area contributed by atoms with Crippen molar-refractivity contribution in [2.75, 3.05) is 6.54 Å². The van der Waals surface area contributed by atoms with E-state index in [0.717, 1.165) is 0 Å². The summed E-state index contributed by atoms with van der Waals surface area (Å²) in [4.78, 5) is 26.0. The van der Waals surface area contributed by atoms with Crippen LogP contribution in [0.15, 0.2) is 12.5 Å². The SMILES string of the molecule is NCCCC(=O)n1cnc(CC(N)C(=O)O)c1. The Kier molecular flexibility index (Phi) is 4.80. The number of aliphatic carboxylic acids is 1. The number of carbonyl (C=O) groups is 2. The lowest BCUT2D eigenvalue weighted by molar-refractivity contribution is -0.138. The molecular weight excluding hydrogens is 224 g/mol. The lowest BCUT2D eigenvalue weighted by Gasteiger charge is -2.02. The van der Waals surface area contributed by atoms with Crippen LogP contribution in [0.3, 0.4) is 0 Å². The van der Waals surface area contributed by atoms with E-state index in [1.165, 1.54) is 17.1 Å². The van der Waals surface area contributed by atoms with Crippen molar-refractivity contribution in [3.8, 4) is 0 Å². The molecule has 1 heterocycles. The second kappa shape index (κ2) is 6.12. The van der Waals surface area contributed by atoms with E-state index in [4.69, 9.17) is 16.6 Å². The van der Waals surface area contributed by atoms with Crippen LogP contribution in [0.4, 0.5) is 0 Å². The summed E-state index contributed by atoms with van der Waals surface area (Å²) in [6, 6.07) is -1.00. The first-order chi connectivity index (χ1) is 8.04. The zero-order chi connectivity index (χ0) is 12.8. The molecule has 0 radical (unpaired) electrons. The van der Waals surface area contributed by atoms with Crippen LogP contribution in [0.5, 0.6) is 0 Å². The largest absolute Gasteiger partial charge is 0.480 e. The predicted molar refractivity (Wildman–Crippen MR) is 60.5 cm³/mol. The van der Waals surface area contributed by atoms with Gasteiger partial charge in [0.15, 0.2) is 0 Å². The van der Waals surface area contributed by atoms with Gasteiger partial charge >= 0.3 is 5.97 Å². The molecule has 1 rings (SSSR count). The number of nitrogens with zero attached hydrogens (tertiary/aromatic N) is 2. The van der Waals surface area contributed by atoms with Crippen molar-refractivity contribution in [3.05, 3.63) is 18.2 Å². The normalized spacial score (nSPS) is 12.4. The van der Waals surface area contributed by atoms with Gasteiger partial charge in [-0.1, -0.05) is 0 Å². The highest BCUT2D eigenvalue weighted by molar-refractivity contribution is 5.78. The minimum Gasteiger partial charge on any atom is -0.480 e. The lowest BCUT2D eigenvalue weighted by Crippen LogP contribution is -2.32. The minimum atomic E-state index is -1.09. The number of rotatable bonds is 6. The smallest absolute Gasteiger partial charge is 0.320 e. The number of carboxylic acid groups (broad SMARTS) is 1. The van der Waals surface area contributed by atoms with Crippen LogP contribution >= 0.6 is 0 Å². The third-order valence-corrected chi connectivity index (χ3v) is 2.27. The van der Waals surface area contributed by atoms with E-state index in [1.54, 1.807) is 0 Å². The van der Waals surface area contributed by atoms with Crippen molar-refractivity contribution in [1.82, 2.24) is 9.55 Å². The van der Waals surface area contributed by atoms with Crippen LogP contribution in [0.2, 0.25) is 0 Å². The van der Waals surface area contributed by atoms with Crippen molar-refractivity contribution < 1.29 is 14.7 Å². The first kappa shape index (κ1) is 13.3. The predicted octanol–water partition coefficient (Wildman–Crippen LogP) is -0.783. The maximum atomic E-state index is 11.6. The zero-order valence-corrected chi connectivity index (χ0v) is 9.37. The Morgan fingerprint density at radius 2 is 2.24 bits per heavy atom. The number of aromatic nitrogens is 2. The highest BCUT2D eigenvalue weighted by Crippen LogP contribution is 2.02. The molecule has 94 valence electrons. The summed E-state index contributed by atoms with van der Waals surface area (Å²) in [5, 5.41) is 8.64. The van der Waals surface area contributed by atoms with Gasteiger partial charge in [0.2, 0.25) is 5.91 Å². The van der Waals surface area contributed by atoms with Crippen molar-refractivity contribution in [2.24, 2.45) is 11.5 Å². The summed E-state index contributed by atoms with van der Waals surface area (Å²) in [6.07, 6.45) is 3.93. The average molecular weight is 240 g/mol. The fourth-order valence-corrected chi connectivity index (χ4v) is 1.30. The van der Waals surface area contributed by atoms with Gasteiger partial charge in [0.05, 0.1) is 5.69 Å². The molecule has 7 heteroatoms. The van der Waals surface area contributed by atoms with Crippen LogP contribution in [0.1, 0.15) is 23.3 Å². The average Bonchev–Trinajstić information content (AvgIpc) is 2.74. The highest BCUT2D eigenvalue weighted by atomic mass is 16.4. The Morgan fingerprint density at radius 3 is 2.82 bits per heavy atom. The Labute approximate surface area is 98.4 Å². The molecule has 0 aliphatic rings. The van der Waals surface area contributed by atoms with E-state index in [9.17, 15) is 9.59 Å². The molecule has 0 fully saturated rings. The molecular formula is C10H16N4O3. The molecule has 1 unspecified atom stereocenters. The molecule has 0 aliphatic carbocycles. The second-order valence-corrected chi connectivity index (χ2v) is 3.71. The van der Waals surface area contributed by atoms with Crippen molar-refractivity contribution in [2.45, 2.75) is 25.3 Å². The molecule has 0 aliphatic heterocycles. The van der Waals surface area contributed by atoms with E-state index in [0.29, 0.717) is 25.1 Å². The number of hydrogen-bond acceptors (Lipinski definition) is 5. The molecule has 1 aromatic rings. The third kappa shape index (κ3) is 3.97. The Hall–Kier alpha value is -1.73. The summed E-state index contributed by atoms with van der Waals surface area (Å²) < 4.78 is 1.33. The van der Waals surface area contributed by atoms with Crippen LogP contribution < -0.4 is 11.5 Å². The van der Waals surface area contributed by atoms with Gasteiger partial charge in [0, 0.05) is 19.0 Å². The maximum Gasteiger partial charge on any atom is 0.320 e. The zero-order valence-electron chi connectivity index (χ0n) is 9.37. The molecule has 17 heavy (non-hydrogen) atoms. The first-order valence-electron chi connectivity index (χ1n) is 5.29. The molecule has 7 nitrogen and oxygen atoms in total. The van der Waals surface area contributed by atoms with E-state index in [-0.39, 0.29) is 12.3 Å². The summed E-state index contributed by atoms with van der Waals surface area (Å²) in [6.45, 7) is 0.456. The summed E-state index contributed by atoms with van der Waals surface area (Å²) in [5.74, 6) is -1.20.